The predicted molar refractivity (Wildman–Crippen MR) is 117 cm³/mol. The van der Waals surface area contributed by atoms with Crippen molar-refractivity contribution in [3.63, 3.8) is 0 Å². The highest BCUT2D eigenvalue weighted by Gasteiger charge is 2.29. The fourth-order valence-corrected chi connectivity index (χ4v) is 2.73. The maximum Gasteiger partial charge on any atom is 0.322 e. The lowest BCUT2D eigenvalue weighted by Gasteiger charge is -2.26. The highest BCUT2D eigenvalue weighted by molar-refractivity contribution is 5.93. The molecule has 0 aromatic heterocycles. The number of hydrogen-bond donors (Lipinski definition) is 7. The van der Waals surface area contributed by atoms with Gasteiger partial charge in [-0.3, -0.25) is 24.2 Å². The maximum absolute atomic E-state index is 12.9. The molecule has 3 unspecified atom stereocenters. The Morgan fingerprint density at radius 1 is 0.968 bits per heavy atom. The third kappa shape index (κ3) is 12.4. The van der Waals surface area contributed by atoms with Gasteiger partial charge in [0, 0.05) is 6.54 Å². The minimum absolute atomic E-state index is 0.0843. The molecule has 10 N–H and O–H groups in total. The first-order valence-corrected chi connectivity index (χ1v) is 10.3. The average Bonchev–Trinajstić information content (AvgIpc) is 2.64. The molecule has 0 spiro atoms. The van der Waals surface area contributed by atoms with Crippen LogP contribution in [0, 0.1) is 11.8 Å². The normalized spacial score (nSPS) is 13.8. The fraction of sp³-hybridized carbons (Fsp3) is 0.737. The molecule has 0 aromatic carbocycles. The van der Waals surface area contributed by atoms with Gasteiger partial charge in [-0.1, -0.05) is 27.7 Å². The first kappa shape index (κ1) is 28.1. The smallest absolute Gasteiger partial charge is 0.322 e. The number of aliphatic imine (C=N–C) groups is 1. The number of nitrogens with zero attached hydrogens (tertiary/aromatic N) is 1. The molecule has 178 valence electrons. The van der Waals surface area contributed by atoms with Gasteiger partial charge in [-0.2, -0.15) is 0 Å². The summed E-state index contributed by atoms with van der Waals surface area (Å²) in [6, 6.07) is -2.73. The average molecular weight is 444 g/mol. The highest BCUT2D eigenvalue weighted by Crippen LogP contribution is 2.07. The van der Waals surface area contributed by atoms with Crippen LogP contribution in [0.1, 0.15) is 47.0 Å². The number of hydrogen-bond acceptors (Lipinski definition) is 6. The van der Waals surface area contributed by atoms with Crippen LogP contribution in [0.25, 0.3) is 0 Å². The highest BCUT2D eigenvalue weighted by atomic mass is 16.4. The molecule has 12 heteroatoms. The molecular formula is C19H37N7O5. The number of guanidine groups is 1. The Morgan fingerprint density at radius 2 is 1.58 bits per heavy atom. The summed E-state index contributed by atoms with van der Waals surface area (Å²) < 4.78 is 0. The number of carboxylic acid groups (broad SMARTS) is 1. The fourth-order valence-electron chi connectivity index (χ4n) is 2.73. The quantitative estimate of drug-likeness (QED) is 0.0924. The molecule has 0 bridgehead atoms. The van der Waals surface area contributed by atoms with Gasteiger partial charge in [-0.05, 0) is 31.1 Å². The van der Waals surface area contributed by atoms with Crippen LogP contribution in [-0.2, 0) is 19.2 Å². The molecule has 0 rings (SSSR count). The van der Waals surface area contributed by atoms with E-state index in [1.54, 1.807) is 13.8 Å². The zero-order chi connectivity index (χ0) is 24.1. The van der Waals surface area contributed by atoms with Gasteiger partial charge in [-0.25, -0.2) is 0 Å². The Bertz CT molecular complexity index is 648. The Morgan fingerprint density at radius 3 is 2.06 bits per heavy atom. The number of carboxylic acids is 1. The third-order valence-corrected chi connectivity index (χ3v) is 4.30. The molecule has 0 heterocycles. The second-order valence-electron chi connectivity index (χ2n) is 8.09. The van der Waals surface area contributed by atoms with Crippen molar-refractivity contribution in [2.45, 2.75) is 65.1 Å². The van der Waals surface area contributed by atoms with Gasteiger partial charge in [0.2, 0.25) is 17.7 Å². The van der Waals surface area contributed by atoms with Crippen molar-refractivity contribution in [1.82, 2.24) is 16.0 Å². The van der Waals surface area contributed by atoms with Gasteiger partial charge < -0.3 is 38.3 Å². The standard InChI is InChI=1S/C19H37N7O5/c1-10(2)8-12(20)16(29)25-13(6-5-7-23-19(21)22)17(30)26-15(11(3)4)18(31)24-9-14(27)28/h10-13,15H,5-9,20H2,1-4H3,(H,24,31)(H,25,29)(H,26,30)(H,27,28)(H4,21,22,23). The van der Waals surface area contributed by atoms with Crippen LogP contribution in [0.3, 0.4) is 0 Å². The number of aliphatic carboxylic acids is 1. The van der Waals surface area contributed by atoms with E-state index in [9.17, 15) is 19.2 Å². The minimum atomic E-state index is -1.20. The van der Waals surface area contributed by atoms with Crippen LogP contribution in [0.4, 0.5) is 0 Å². The van der Waals surface area contributed by atoms with Crippen molar-refractivity contribution >= 4 is 29.7 Å². The van der Waals surface area contributed by atoms with E-state index in [0.717, 1.165) is 0 Å². The van der Waals surface area contributed by atoms with Crippen molar-refractivity contribution in [2.24, 2.45) is 34.0 Å². The SMILES string of the molecule is CC(C)CC(N)C(=O)NC(CCCN=C(N)N)C(=O)NC(C(=O)NCC(=O)O)C(C)C. The first-order chi connectivity index (χ1) is 14.3. The lowest BCUT2D eigenvalue weighted by molar-refractivity contribution is -0.139. The van der Waals surface area contributed by atoms with Crippen molar-refractivity contribution in [3.8, 4) is 0 Å². The first-order valence-electron chi connectivity index (χ1n) is 10.3. The Hall–Kier alpha value is -2.89. The van der Waals surface area contributed by atoms with Crippen LogP contribution >= 0.6 is 0 Å². The van der Waals surface area contributed by atoms with Crippen molar-refractivity contribution in [3.05, 3.63) is 0 Å². The summed E-state index contributed by atoms with van der Waals surface area (Å²) in [4.78, 5) is 52.1. The molecule has 0 fully saturated rings. The van der Waals surface area contributed by atoms with Gasteiger partial charge in [0.1, 0.15) is 18.6 Å². The predicted octanol–water partition coefficient (Wildman–Crippen LogP) is -1.76. The monoisotopic (exact) mass is 443 g/mol. The van der Waals surface area contributed by atoms with E-state index in [1.807, 2.05) is 13.8 Å². The Kier molecular flexibility index (Phi) is 12.9. The lowest BCUT2D eigenvalue weighted by atomic mass is 10.0. The topological polar surface area (TPSA) is 215 Å². The molecule has 0 saturated heterocycles. The molecule has 3 atom stereocenters. The second kappa shape index (κ2) is 14.2. The molecule has 3 amide bonds. The second-order valence-corrected chi connectivity index (χ2v) is 8.09. The summed E-state index contributed by atoms with van der Waals surface area (Å²) in [5, 5.41) is 16.2. The number of carbonyl (C=O) groups excluding carboxylic acids is 3. The van der Waals surface area contributed by atoms with Crippen molar-refractivity contribution in [1.29, 1.82) is 0 Å². The summed E-state index contributed by atoms with van der Waals surface area (Å²) in [6.07, 6.45) is 1.05. The summed E-state index contributed by atoms with van der Waals surface area (Å²) in [7, 11) is 0. The van der Waals surface area contributed by atoms with E-state index in [4.69, 9.17) is 22.3 Å². The van der Waals surface area contributed by atoms with Crippen molar-refractivity contribution in [2.75, 3.05) is 13.1 Å². The number of nitrogens with one attached hydrogen (secondary N) is 3. The van der Waals surface area contributed by atoms with Gasteiger partial charge in [0.15, 0.2) is 5.96 Å². The molecule has 0 aliphatic heterocycles. The van der Waals surface area contributed by atoms with E-state index in [2.05, 4.69) is 20.9 Å². The molecule has 31 heavy (non-hydrogen) atoms. The lowest BCUT2D eigenvalue weighted by Crippen LogP contribution is -2.57. The van der Waals surface area contributed by atoms with E-state index in [-0.39, 0.29) is 30.8 Å². The van der Waals surface area contributed by atoms with Crippen LogP contribution in [-0.4, -0.2) is 66.0 Å². The number of nitrogens with two attached hydrogens (primary N) is 3. The minimum Gasteiger partial charge on any atom is -0.480 e. The molecule has 12 nitrogen and oxygen atoms in total. The molecule has 0 aliphatic rings. The molecule has 0 radical (unpaired) electrons. The van der Waals surface area contributed by atoms with Gasteiger partial charge in [-0.15, -0.1) is 0 Å². The Labute approximate surface area is 182 Å². The number of amides is 3. The van der Waals surface area contributed by atoms with E-state index >= 15 is 0 Å². The molecule has 0 aromatic rings. The van der Waals surface area contributed by atoms with E-state index in [0.29, 0.717) is 12.8 Å². The van der Waals surface area contributed by atoms with Gasteiger partial charge >= 0.3 is 5.97 Å². The number of carbonyl (C=O) groups is 4. The van der Waals surface area contributed by atoms with Crippen molar-refractivity contribution < 1.29 is 24.3 Å². The van der Waals surface area contributed by atoms with Crippen LogP contribution in [0.2, 0.25) is 0 Å². The maximum atomic E-state index is 12.9. The van der Waals surface area contributed by atoms with Crippen LogP contribution in [0.5, 0.6) is 0 Å². The third-order valence-electron chi connectivity index (χ3n) is 4.30. The van der Waals surface area contributed by atoms with Crippen LogP contribution < -0.4 is 33.2 Å². The van der Waals surface area contributed by atoms with Crippen LogP contribution in [0.15, 0.2) is 4.99 Å². The summed E-state index contributed by atoms with van der Waals surface area (Å²) in [5.74, 6) is -3.11. The number of rotatable bonds is 14. The zero-order valence-electron chi connectivity index (χ0n) is 18.7. The molecule has 0 aliphatic carbocycles. The largest absolute Gasteiger partial charge is 0.480 e. The van der Waals surface area contributed by atoms with E-state index in [1.165, 1.54) is 0 Å². The zero-order valence-corrected chi connectivity index (χ0v) is 18.7. The van der Waals surface area contributed by atoms with E-state index < -0.39 is 48.4 Å². The Balaban J connectivity index is 5.29. The summed E-state index contributed by atoms with van der Waals surface area (Å²) in [6.45, 7) is 6.95. The summed E-state index contributed by atoms with van der Waals surface area (Å²) in [5.41, 5.74) is 16.5. The molecule has 0 saturated carbocycles. The molecular weight excluding hydrogens is 406 g/mol. The van der Waals surface area contributed by atoms with Gasteiger partial charge in [0.05, 0.1) is 6.04 Å². The van der Waals surface area contributed by atoms with Gasteiger partial charge in [0.25, 0.3) is 0 Å². The summed E-state index contributed by atoms with van der Waals surface area (Å²) >= 11 is 0.